The molecule has 0 spiro atoms. The summed E-state index contributed by atoms with van der Waals surface area (Å²) in [5.74, 6) is 0.923. The van der Waals surface area contributed by atoms with Crippen molar-refractivity contribution in [3.8, 4) is 0 Å². The van der Waals surface area contributed by atoms with E-state index >= 15 is 0 Å². The third kappa shape index (κ3) is 2.66. The van der Waals surface area contributed by atoms with Crippen LogP contribution in [0.15, 0.2) is 0 Å². The van der Waals surface area contributed by atoms with E-state index in [1.54, 1.807) is 0 Å². The topological polar surface area (TPSA) is 24.5 Å². The summed E-state index contributed by atoms with van der Waals surface area (Å²) in [5, 5.41) is 4.00. The van der Waals surface area contributed by atoms with Crippen LogP contribution in [0.3, 0.4) is 0 Å². The largest absolute Gasteiger partial charge is 0.379 e. The summed E-state index contributed by atoms with van der Waals surface area (Å²) in [7, 11) is 0. The molecule has 3 fully saturated rings. The SMILES string of the molecule is CC12CCC(C1)C(C)(C)C2NCC(C)(C)N1CCOCC1. The molecule has 3 nitrogen and oxygen atoms in total. The van der Waals surface area contributed by atoms with Crippen LogP contribution < -0.4 is 5.32 Å². The fourth-order valence-corrected chi connectivity index (χ4v) is 5.44. The lowest BCUT2D eigenvalue weighted by Crippen LogP contribution is -2.59. The smallest absolute Gasteiger partial charge is 0.0594 e. The molecule has 2 saturated carbocycles. The molecule has 1 heterocycles. The normalized spacial score (nSPS) is 39.9. The zero-order chi connectivity index (χ0) is 15.3. The van der Waals surface area contributed by atoms with Crippen molar-refractivity contribution in [2.45, 2.75) is 65.5 Å². The van der Waals surface area contributed by atoms with E-state index in [9.17, 15) is 0 Å². The van der Waals surface area contributed by atoms with Gasteiger partial charge in [-0.25, -0.2) is 0 Å². The van der Waals surface area contributed by atoms with E-state index in [0.29, 0.717) is 16.9 Å². The van der Waals surface area contributed by atoms with Crippen molar-refractivity contribution in [1.29, 1.82) is 0 Å². The Hall–Kier alpha value is -0.120. The third-order valence-electron chi connectivity index (χ3n) is 6.88. The van der Waals surface area contributed by atoms with Crippen LogP contribution in [0.5, 0.6) is 0 Å². The number of morpholine rings is 1. The van der Waals surface area contributed by atoms with Crippen molar-refractivity contribution in [2.75, 3.05) is 32.8 Å². The number of ether oxygens (including phenoxy) is 1. The summed E-state index contributed by atoms with van der Waals surface area (Å²) in [6, 6.07) is 0.670. The molecule has 2 aliphatic carbocycles. The molecule has 21 heavy (non-hydrogen) atoms. The Balaban J connectivity index is 1.64. The molecule has 0 amide bonds. The highest BCUT2D eigenvalue weighted by atomic mass is 16.5. The van der Waals surface area contributed by atoms with Crippen molar-refractivity contribution >= 4 is 0 Å². The van der Waals surface area contributed by atoms with Gasteiger partial charge in [-0.1, -0.05) is 20.8 Å². The molecule has 0 aromatic heterocycles. The molecule has 0 radical (unpaired) electrons. The lowest BCUT2D eigenvalue weighted by atomic mass is 9.68. The monoisotopic (exact) mass is 294 g/mol. The fraction of sp³-hybridized carbons (Fsp3) is 1.00. The number of hydrogen-bond acceptors (Lipinski definition) is 3. The molecular formula is C18H34N2O. The van der Waals surface area contributed by atoms with E-state index in [2.05, 4.69) is 44.8 Å². The maximum absolute atomic E-state index is 5.50. The minimum atomic E-state index is 0.220. The Bertz CT molecular complexity index is 382. The standard InChI is InChI=1S/C18H34N2O/c1-16(2,20-8-10-21-11-9-20)13-19-15-17(3,4)14-6-7-18(15,5)12-14/h14-15,19H,6-13H2,1-5H3. The molecule has 122 valence electrons. The fourth-order valence-electron chi connectivity index (χ4n) is 5.44. The summed E-state index contributed by atoms with van der Waals surface area (Å²) in [6.07, 6.45) is 4.28. The Labute approximate surface area is 130 Å². The van der Waals surface area contributed by atoms with E-state index in [1.807, 2.05) is 0 Å². The number of nitrogens with zero attached hydrogens (tertiary/aromatic N) is 1. The minimum absolute atomic E-state index is 0.220. The molecule has 3 aliphatic rings. The predicted molar refractivity (Wildman–Crippen MR) is 87.5 cm³/mol. The zero-order valence-electron chi connectivity index (χ0n) is 14.7. The molecule has 0 aromatic rings. The first-order chi connectivity index (χ1) is 9.76. The molecular weight excluding hydrogens is 260 g/mol. The first-order valence-electron chi connectivity index (χ1n) is 8.82. The lowest BCUT2D eigenvalue weighted by Gasteiger charge is -2.47. The predicted octanol–water partition coefficient (Wildman–Crippen LogP) is 2.90. The molecule has 3 heteroatoms. The highest BCUT2D eigenvalue weighted by molar-refractivity contribution is 5.12. The molecule has 2 bridgehead atoms. The molecule has 1 aliphatic heterocycles. The summed E-state index contributed by atoms with van der Waals surface area (Å²) in [6.45, 7) is 17.3. The van der Waals surface area contributed by atoms with Crippen molar-refractivity contribution in [1.82, 2.24) is 10.2 Å². The molecule has 3 unspecified atom stereocenters. The zero-order valence-corrected chi connectivity index (χ0v) is 14.7. The summed E-state index contributed by atoms with van der Waals surface area (Å²) < 4.78 is 5.50. The van der Waals surface area contributed by atoms with Gasteiger partial charge in [-0.05, 0) is 49.9 Å². The number of hydrogen-bond donors (Lipinski definition) is 1. The van der Waals surface area contributed by atoms with Gasteiger partial charge in [0, 0.05) is 31.2 Å². The second-order valence-corrected chi connectivity index (χ2v) is 9.14. The van der Waals surface area contributed by atoms with Gasteiger partial charge in [0.1, 0.15) is 0 Å². The highest BCUT2D eigenvalue weighted by Gasteiger charge is 2.59. The number of fused-ring (bicyclic) bond motifs is 2. The number of rotatable bonds is 4. The Kier molecular flexibility index (Phi) is 3.91. The van der Waals surface area contributed by atoms with Gasteiger partial charge < -0.3 is 10.1 Å². The van der Waals surface area contributed by atoms with Crippen molar-refractivity contribution < 1.29 is 4.74 Å². The van der Waals surface area contributed by atoms with Gasteiger partial charge >= 0.3 is 0 Å². The summed E-state index contributed by atoms with van der Waals surface area (Å²) >= 11 is 0. The van der Waals surface area contributed by atoms with Crippen molar-refractivity contribution in [3.63, 3.8) is 0 Å². The van der Waals surface area contributed by atoms with E-state index in [4.69, 9.17) is 4.74 Å². The van der Waals surface area contributed by atoms with Gasteiger partial charge in [-0.2, -0.15) is 0 Å². The first-order valence-corrected chi connectivity index (χ1v) is 8.82. The van der Waals surface area contributed by atoms with Gasteiger partial charge in [0.25, 0.3) is 0 Å². The Morgan fingerprint density at radius 1 is 1.19 bits per heavy atom. The van der Waals surface area contributed by atoms with Gasteiger partial charge in [0.15, 0.2) is 0 Å². The Morgan fingerprint density at radius 2 is 1.86 bits per heavy atom. The van der Waals surface area contributed by atoms with E-state index in [-0.39, 0.29) is 5.54 Å². The quantitative estimate of drug-likeness (QED) is 0.863. The van der Waals surface area contributed by atoms with E-state index < -0.39 is 0 Å². The van der Waals surface area contributed by atoms with Gasteiger partial charge in [-0.3, -0.25) is 4.90 Å². The molecule has 1 saturated heterocycles. The third-order valence-corrected chi connectivity index (χ3v) is 6.88. The molecule has 3 rings (SSSR count). The van der Waals surface area contributed by atoms with E-state index in [1.165, 1.54) is 19.3 Å². The molecule has 3 atom stereocenters. The Morgan fingerprint density at radius 3 is 2.43 bits per heavy atom. The van der Waals surface area contributed by atoms with Crippen LogP contribution in [0.2, 0.25) is 0 Å². The average Bonchev–Trinajstić information content (AvgIpc) is 2.90. The van der Waals surface area contributed by atoms with Gasteiger partial charge in [0.05, 0.1) is 13.2 Å². The summed E-state index contributed by atoms with van der Waals surface area (Å²) in [4.78, 5) is 2.59. The van der Waals surface area contributed by atoms with Gasteiger partial charge in [-0.15, -0.1) is 0 Å². The van der Waals surface area contributed by atoms with Crippen LogP contribution in [0.25, 0.3) is 0 Å². The highest BCUT2D eigenvalue weighted by Crippen LogP contribution is 2.62. The van der Waals surface area contributed by atoms with Crippen LogP contribution in [0.4, 0.5) is 0 Å². The summed E-state index contributed by atoms with van der Waals surface area (Å²) in [5.41, 5.74) is 1.20. The van der Waals surface area contributed by atoms with Crippen LogP contribution in [0.1, 0.15) is 53.9 Å². The van der Waals surface area contributed by atoms with Crippen molar-refractivity contribution in [2.24, 2.45) is 16.7 Å². The maximum atomic E-state index is 5.50. The van der Waals surface area contributed by atoms with E-state index in [0.717, 1.165) is 38.8 Å². The number of nitrogens with one attached hydrogen (secondary N) is 1. The van der Waals surface area contributed by atoms with Crippen LogP contribution in [-0.4, -0.2) is 49.3 Å². The average molecular weight is 294 g/mol. The maximum Gasteiger partial charge on any atom is 0.0594 e. The molecule has 1 N–H and O–H groups in total. The first kappa shape index (κ1) is 15.8. The molecule has 0 aromatic carbocycles. The van der Waals surface area contributed by atoms with Gasteiger partial charge in [0.2, 0.25) is 0 Å². The van der Waals surface area contributed by atoms with Crippen molar-refractivity contribution in [3.05, 3.63) is 0 Å². The lowest BCUT2D eigenvalue weighted by molar-refractivity contribution is -0.0144. The van der Waals surface area contributed by atoms with Crippen LogP contribution >= 0.6 is 0 Å². The van der Waals surface area contributed by atoms with Crippen LogP contribution in [-0.2, 0) is 4.74 Å². The second kappa shape index (κ2) is 5.21. The van der Waals surface area contributed by atoms with Crippen LogP contribution in [0, 0.1) is 16.7 Å². The second-order valence-electron chi connectivity index (χ2n) is 9.14. The minimum Gasteiger partial charge on any atom is -0.379 e.